The summed E-state index contributed by atoms with van der Waals surface area (Å²) in [5, 5.41) is 29.8. The van der Waals surface area contributed by atoms with E-state index in [0.29, 0.717) is 33.8 Å². The van der Waals surface area contributed by atoms with E-state index < -0.39 is 15.8 Å². The van der Waals surface area contributed by atoms with Crippen molar-refractivity contribution in [2.45, 2.75) is 13.8 Å². The standard InChI is InChI=1S/C23H20N6O5/c1-15(17-6-10-21(11-7-17)28(31)32)24-26-20-5-3-4-19(14-20)23(30)27-25-16(2)18-8-12-22(13-9-18)29(33)34/h3-14,26H,1-2H3,(H,27,30)/b24-15-,25-16-. The molecule has 172 valence electrons. The van der Waals surface area contributed by atoms with Crippen LogP contribution in [0.5, 0.6) is 0 Å². The van der Waals surface area contributed by atoms with Gasteiger partial charge in [-0.05, 0) is 67.4 Å². The summed E-state index contributed by atoms with van der Waals surface area (Å²) in [5.74, 6) is -0.444. The molecule has 3 rings (SSSR count). The number of nitro benzene ring substituents is 2. The van der Waals surface area contributed by atoms with Crippen LogP contribution in [0, 0.1) is 20.2 Å². The second-order valence-electron chi connectivity index (χ2n) is 7.14. The van der Waals surface area contributed by atoms with Gasteiger partial charge in [-0.15, -0.1) is 0 Å². The van der Waals surface area contributed by atoms with Crippen molar-refractivity contribution in [2.24, 2.45) is 10.2 Å². The van der Waals surface area contributed by atoms with Crippen LogP contribution in [0.25, 0.3) is 0 Å². The lowest BCUT2D eigenvalue weighted by atomic mass is 10.1. The fourth-order valence-electron chi connectivity index (χ4n) is 2.86. The van der Waals surface area contributed by atoms with Gasteiger partial charge in [0, 0.05) is 29.8 Å². The van der Waals surface area contributed by atoms with Crippen LogP contribution >= 0.6 is 0 Å². The minimum atomic E-state index is -0.490. The number of non-ortho nitro benzene ring substituents is 2. The molecule has 11 nitrogen and oxygen atoms in total. The van der Waals surface area contributed by atoms with E-state index in [9.17, 15) is 25.0 Å². The molecule has 3 aromatic rings. The number of nitro groups is 2. The fourth-order valence-corrected chi connectivity index (χ4v) is 2.86. The van der Waals surface area contributed by atoms with Crippen LogP contribution < -0.4 is 10.9 Å². The van der Waals surface area contributed by atoms with Gasteiger partial charge >= 0.3 is 0 Å². The van der Waals surface area contributed by atoms with E-state index in [1.54, 1.807) is 62.4 Å². The van der Waals surface area contributed by atoms with Crippen LogP contribution in [-0.2, 0) is 0 Å². The van der Waals surface area contributed by atoms with E-state index in [4.69, 9.17) is 0 Å². The minimum Gasteiger partial charge on any atom is -0.278 e. The van der Waals surface area contributed by atoms with Gasteiger partial charge in [-0.1, -0.05) is 6.07 Å². The van der Waals surface area contributed by atoms with Crippen LogP contribution in [0.3, 0.4) is 0 Å². The molecule has 0 heterocycles. The van der Waals surface area contributed by atoms with E-state index >= 15 is 0 Å². The summed E-state index contributed by atoms with van der Waals surface area (Å²) in [5.41, 5.74) is 8.63. The second kappa shape index (κ2) is 10.6. The Morgan fingerprint density at radius 2 is 1.24 bits per heavy atom. The van der Waals surface area contributed by atoms with Crippen molar-refractivity contribution < 1.29 is 14.6 Å². The number of nitrogens with one attached hydrogen (secondary N) is 2. The predicted molar refractivity (Wildman–Crippen MR) is 128 cm³/mol. The van der Waals surface area contributed by atoms with Crippen LogP contribution in [0.1, 0.15) is 35.3 Å². The number of carbonyl (C=O) groups is 1. The average Bonchev–Trinajstić information content (AvgIpc) is 2.85. The third kappa shape index (κ3) is 6.07. The zero-order valence-electron chi connectivity index (χ0n) is 18.3. The average molecular weight is 460 g/mol. The van der Waals surface area contributed by atoms with Crippen LogP contribution in [-0.4, -0.2) is 27.2 Å². The zero-order chi connectivity index (χ0) is 24.7. The van der Waals surface area contributed by atoms with Crippen molar-refractivity contribution in [1.29, 1.82) is 0 Å². The minimum absolute atomic E-state index is 0.00491. The number of anilines is 1. The molecule has 0 fully saturated rings. The zero-order valence-corrected chi connectivity index (χ0v) is 18.3. The fraction of sp³-hybridized carbons (Fsp3) is 0.0870. The van der Waals surface area contributed by atoms with Crippen molar-refractivity contribution in [1.82, 2.24) is 5.43 Å². The topological polar surface area (TPSA) is 152 Å². The Bertz CT molecular complexity index is 1280. The van der Waals surface area contributed by atoms with E-state index in [2.05, 4.69) is 21.1 Å². The van der Waals surface area contributed by atoms with Crippen LogP contribution in [0.15, 0.2) is 83.0 Å². The molecule has 0 atom stereocenters. The first-order valence-corrected chi connectivity index (χ1v) is 9.99. The van der Waals surface area contributed by atoms with E-state index in [-0.39, 0.29) is 11.4 Å². The first-order valence-electron chi connectivity index (χ1n) is 9.99. The lowest BCUT2D eigenvalue weighted by Gasteiger charge is -2.06. The van der Waals surface area contributed by atoms with E-state index in [1.165, 1.54) is 24.3 Å². The van der Waals surface area contributed by atoms with Gasteiger partial charge in [0.25, 0.3) is 17.3 Å². The largest absolute Gasteiger partial charge is 0.278 e. The predicted octanol–water partition coefficient (Wildman–Crippen LogP) is 4.49. The Labute approximate surface area is 194 Å². The first-order chi connectivity index (χ1) is 16.2. The maximum absolute atomic E-state index is 12.5. The number of nitrogens with zero attached hydrogens (tertiary/aromatic N) is 4. The first kappa shape index (κ1) is 23.7. The van der Waals surface area contributed by atoms with Crippen molar-refractivity contribution in [3.63, 3.8) is 0 Å². The molecular formula is C23H20N6O5. The summed E-state index contributed by atoms with van der Waals surface area (Å²) in [6.45, 7) is 3.43. The summed E-state index contributed by atoms with van der Waals surface area (Å²) >= 11 is 0. The number of rotatable bonds is 8. The lowest BCUT2D eigenvalue weighted by Crippen LogP contribution is -2.19. The summed E-state index contributed by atoms with van der Waals surface area (Å²) in [6, 6.07) is 18.5. The normalized spacial score (nSPS) is 11.6. The molecule has 1 amide bonds. The number of amides is 1. The molecule has 34 heavy (non-hydrogen) atoms. The molecule has 0 aromatic heterocycles. The Balaban J connectivity index is 1.65. The number of benzene rings is 3. The van der Waals surface area contributed by atoms with Gasteiger partial charge in [0.1, 0.15) is 0 Å². The molecule has 3 aromatic carbocycles. The van der Waals surface area contributed by atoms with Gasteiger partial charge in [0.15, 0.2) is 0 Å². The maximum atomic E-state index is 12.5. The Kier molecular flexibility index (Phi) is 7.39. The maximum Gasteiger partial charge on any atom is 0.271 e. The third-order valence-corrected chi connectivity index (χ3v) is 4.79. The molecule has 0 aliphatic heterocycles. The van der Waals surface area contributed by atoms with Gasteiger partial charge in [0.2, 0.25) is 0 Å². The molecule has 0 saturated carbocycles. The number of carbonyl (C=O) groups excluding carboxylic acids is 1. The molecule has 0 spiro atoms. The molecule has 0 radical (unpaired) electrons. The second-order valence-corrected chi connectivity index (χ2v) is 7.14. The molecule has 11 heteroatoms. The Hall–Kier alpha value is -4.93. The van der Waals surface area contributed by atoms with Crippen molar-refractivity contribution in [3.05, 3.63) is 110 Å². The van der Waals surface area contributed by atoms with Crippen molar-refractivity contribution in [2.75, 3.05) is 5.43 Å². The lowest BCUT2D eigenvalue weighted by molar-refractivity contribution is -0.385. The van der Waals surface area contributed by atoms with Crippen molar-refractivity contribution >= 4 is 34.4 Å². The summed E-state index contributed by atoms with van der Waals surface area (Å²) in [4.78, 5) is 33.1. The molecule has 0 unspecified atom stereocenters. The van der Waals surface area contributed by atoms with Gasteiger partial charge < -0.3 is 0 Å². The summed E-state index contributed by atoms with van der Waals surface area (Å²) in [7, 11) is 0. The number of hydrazone groups is 2. The highest BCUT2D eigenvalue weighted by Gasteiger charge is 2.09. The summed E-state index contributed by atoms with van der Waals surface area (Å²) in [6.07, 6.45) is 0. The monoisotopic (exact) mass is 460 g/mol. The molecular weight excluding hydrogens is 440 g/mol. The Morgan fingerprint density at radius 1 is 0.735 bits per heavy atom. The highest BCUT2D eigenvalue weighted by Crippen LogP contribution is 2.15. The van der Waals surface area contributed by atoms with Crippen LogP contribution in [0.4, 0.5) is 17.1 Å². The molecule has 0 aliphatic carbocycles. The quantitative estimate of drug-likeness (QED) is 0.287. The SMILES string of the molecule is C/C(=N/NC(=O)c1cccc(N/N=C(/C)c2ccc([N+](=O)[O-])cc2)c1)c1ccc([N+](=O)[O-])cc1. The third-order valence-electron chi connectivity index (χ3n) is 4.79. The summed E-state index contributed by atoms with van der Waals surface area (Å²) < 4.78 is 0. The van der Waals surface area contributed by atoms with Crippen molar-refractivity contribution in [3.8, 4) is 0 Å². The van der Waals surface area contributed by atoms with Gasteiger partial charge in [0.05, 0.1) is 27.0 Å². The molecule has 2 N–H and O–H groups in total. The Morgan fingerprint density at radius 3 is 1.74 bits per heavy atom. The van der Waals surface area contributed by atoms with Crippen LogP contribution in [0.2, 0.25) is 0 Å². The highest BCUT2D eigenvalue weighted by molar-refractivity contribution is 6.01. The number of hydrogen-bond acceptors (Lipinski definition) is 8. The highest BCUT2D eigenvalue weighted by atomic mass is 16.6. The number of hydrogen-bond donors (Lipinski definition) is 2. The van der Waals surface area contributed by atoms with Gasteiger partial charge in [-0.2, -0.15) is 10.2 Å². The molecule has 0 aliphatic rings. The van der Waals surface area contributed by atoms with E-state index in [0.717, 1.165) is 0 Å². The van der Waals surface area contributed by atoms with E-state index in [1.807, 2.05) is 0 Å². The molecule has 0 bridgehead atoms. The van der Waals surface area contributed by atoms with Gasteiger partial charge in [-0.3, -0.25) is 30.4 Å². The van der Waals surface area contributed by atoms with Gasteiger partial charge in [-0.25, -0.2) is 5.43 Å². The molecule has 0 saturated heterocycles. The smallest absolute Gasteiger partial charge is 0.271 e.